The summed E-state index contributed by atoms with van der Waals surface area (Å²) in [6.45, 7) is 1.46. The smallest absolute Gasteiger partial charge is 0.264 e. The number of benzene rings is 3. The summed E-state index contributed by atoms with van der Waals surface area (Å²) in [6, 6.07) is 18.6. The molecule has 0 radical (unpaired) electrons. The van der Waals surface area contributed by atoms with E-state index in [4.69, 9.17) is 0 Å². The highest BCUT2D eigenvalue weighted by atomic mass is 32.2. The summed E-state index contributed by atoms with van der Waals surface area (Å²) in [5, 5.41) is 2.74. The van der Waals surface area contributed by atoms with Gasteiger partial charge in [-0.2, -0.15) is 0 Å². The standard InChI is InChI=1S/C22H21FN2O3S2/c1-16-6-10-19(11-7-16)25(30(27,28)21-12-8-17(23)9-13-21)15-22(26)24-18-4-3-5-20(14-18)29-2/h3-14H,15H2,1-2H3,(H,24,26). The number of halogens is 1. The number of anilines is 2. The van der Waals surface area contributed by atoms with Gasteiger partial charge in [0.05, 0.1) is 10.6 Å². The van der Waals surface area contributed by atoms with E-state index in [9.17, 15) is 17.6 Å². The zero-order valence-corrected chi connectivity index (χ0v) is 18.1. The molecule has 3 aromatic rings. The van der Waals surface area contributed by atoms with Crippen LogP contribution in [0.25, 0.3) is 0 Å². The minimum Gasteiger partial charge on any atom is -0.324 e. The number of amides is 1. The van der Waals surface area contributed by atoms with Crippen LogP contribution in [0.5, 0.6) is 0 Å². The van der Waals surface area contributed by atoms with Crippen LogP contribution in [0.4, 0.5) is 15.8 Å². The number of sulfonamides is 1. The molecule has 8 heteroatoms. The van der Waals surface area contributed by atoms with Gasteiger partial charge in [0.1, 0.15) is 12.4 Å². The Bertz CT molecular complexity index is 1130. The maximum Gasteiger partial charge on any atom is 0.264 e. The van der Waals surface area contributed by atoms with Gasteiger partial charge in [-0.15, -0.1) is 11.8 Å². The van der Waals surface area contributed by atoms with Crippen LogP contribution >= 0.6 is 11.8 Å². The van der Waals surface area contributed by atoms with Crippen molar-refractivity contribution in [2.45, 2.75) is 16.7 Å². The lowest BCUT2D eigenvalue weighted by Gasteiger charge is -2.24. The predicted octanol–water partition coefficient (Wildman–Crippen LogP) is 4.69. The van der Waals surface area contributed by atoms with Gasteiger partial charge in [0.2, 0.25) is 5.91 Å². The Kier molecular flexibility index (Phi) is 6.79. The molecule has 30 heavy (non-hydrogen) atoms. The second-order valence-corrected chi connectivity index (χ2v) is 9.32. The molecule has 0 atom stereocenters. The van der Waals surface area contributed by atoms with E-state index in [1.165, 1.54) is 23.9 Å². The van der Waals surface area contributed by atoms with Crippen molar-refractivity contribution in [2.75, 3.05) is 22.4 Å². The summed E-state index contributed by atoms with van der Waals surface area (Å²) in [7, 11) is -4.08. The molecule has 0 aromatic heterocycles. The zero-order valence-electron chi connectivity index (χ0n) is 16.5. The van der Waals surface area contributed by atoms with E-state index in [1.807, 2.05) is 31.4 Å². The van der Waals surface area contributed by atoms with Crippen LogP contribution in [0.3, 0.4) is 0 Å². The molecule has 1 amide bonds. The van der Waals surface area contributed by atoms with Gasteiger partial charge in [0.25, 0.3) is 10.0 Å². The first-order chi connectivity index (χ1) is 14.3. The molecule has 156 valence electrons. The Morgan fingerprint density at radius 2 is 1.70 bits per heavy atom. The molecule has 0 saturated heterocycles. The molecule has 0 heterocycles. The number of thioether (sulfide) groups is 1. The molecule has 0 spiro atoms. The van der Waals surface area contributed by atoms with Gasteiger partial charge >= 0.3 is 0 Å². The molecular weight excluding hydrogens is 423 g/mol. The quantitative estimate of drug-likeness (QED) is 0.537. The first kappa shape index (κ1) is 21.9. The van der Waals surface area contributed by atoms with Crippen LogP contribution in [0, 0.1) is 12.7 Å². The lowest BCUT2D eigenvalue weighted by molar-refractivity contribution is -0.114. The molecule has 3 aromatic carbocycles. The Morgan fingerprint density at radius 3 is 2.33 bits per heavy atom. The lowest BCUT2D eigenvalue weighted by Crippen LogP contribution is -2.38. The number of hydrogen-bond donors (Lipinski definition) is 1. The molecule has 0 aliphatic rings. The van der Waals surface area contributed by atoms with Crippen molar-refractivity contribution < 1.29 is 17.6 Å². The van der Waals surface area contributed by atoms with Crippen LogP contribution < -0.4 is 9.62 Å². The number of carbonyl (C=O) groups excluding carboxylic acids is 1. The highest BCUT2D eigenvalue weighted by Gasteiger charge is 2.27. The zero-order chi connectivity index (χ0) is 21.7. The maximum atomic E-state index is 13.3. The molecule has 0 aliphatic heterocycles. The Hall–Kier alpha value is -2.84. The van der Waals surface area contributed by atoms with Crippen LogP contribution in [0.15, 0.2) is 82.6 Å². The fourth-order valence-electron chi connectivity index (χ4n) is 2.79. The highest BCUT2D eigenvalue weighted by Crippen LogP contribution is 2.25. The number of rotatable bonds is 7. The summed E-state index contributed by atoms with van der Waals surface area (Å²) < 4.78 is 40.8. The van der Waals surface area contributed by atoms with Crippen molar-refractivity contribution in [3.63, 3.8) is 0 Å². The summed E-state index contributed by atoms with van der Waals surface area (Å²) >= 11 is 1.54. The van der Waals surface area contributed by atoms with Gasteiger partial charge in [0.15, 0.2) is 0 Å². The fraction of sp³-hybridized carbons (Fsp3) is 0.136. The molecule has 0 unspecified atom stereocenters. The van der Waals surface area contributed by atoms with E-state index in [1.54, 1.807) is 30.3 Å². The monoisotopic (exact) mass is 444 g/mol. The summed E-state index contributed by atoms with van der Waals surface area (Å²) in [4.78, 5) is 13.6. The molecule has 0 fully saturated rings. The average molecular weight is 445 g/mol. The van der Waals surface area contributed by atoms with Crippen molar-refractivity contribution in [2.24, 2.45) is 0 Å². The number of hydrogen-bond acceptors (Lipinski definition) is 4. The maximum absolute atomic E-state index is 13.3. The normalized spacial score (nSPS) is 11.2. The first-order valence-corrected chi connectivity index (χ1v) is 11.7. The topological polar surface area (TPSA) is 66.5 Å². The average Bonchev–Trinajstić information content (AvgIpc) is 2.73. The molecule has 3 rings (SSSR count). The third-order valence-electron chi connectivity index (χ3n) is 4.36. The molecule has 1 N–H and O–H groups in total. The van der Waals surface area contributed by atoms with E-state index >= 15 is 0 Å². The largest absolute Gasteiger partial charge is 0.324 e. The van der Waals surface area contributed by atoms with E-state index in [-0.39, 0.29) is 4.90 Å². The van der Waals surface area contributed by atoms with Crippen molar-refractivity contribution in [1.82, 2.24) is 0 Å². The van der Waals surface area contributed by atoms with E-state index in [0.717, 1.165) is 26.9 Å². The minimum atomic E-state index is -4.08. The van der Waals surface area contributed by atoms with E-state index < -0.39 is 28.3 Å². The highest BCUT2D eigenvalue weighted by molar-refractivity contribution is 7.98. The Labute approximate surface area is 180 Å². The van der Waals surface area contributed by atoms with Crippen LogP contribution in [-0.2, 0) is 14.8 Å². The number of nitrogens with zero attached hydrogens (tertiary/aromatic N) is 1. The number of carbonyl (C=O) groups is 1. The molecule has 0 saturated carbocycles. The molecule has 5 nitrogen and oxygen atoms in total. The number of nitrogens with one attached hydrogen (secondary N) is 1. The lowest BCUT2D eigenvalue weighted by atomic mass is 10.2. The van der Waals surface area contributed by atoms with E-state index in [0.29, 0.717) is 11.4 Å². The van der Waals surface area contributed by atoms with Crippen molar-refractivity contribution in [1.29, 1.82) is 0 Å². The molecule has 0 aliphatic carbocycles. The van der Waals surface area contributed by atoms with Gasteiger partial charge in [-0.05, 0) is 67.8 Å². The molecular formula is C22H21FN2O3S2. The SMILES string of the molecule is CSc1cccc(NC(=O)CN(c2ccc(C)cc2)S(=O)(=O)c2ccc(F)cc2)c1. The third kappa shape index (κ3) is 5.20. The third-order valence-corrected chi connectivity index (χ3v) is 6.88. The van der Waals surface area contributed by atoms with Gasteiger partial charge in [-0.3, -0.25) is 9.10 Å². The van der Waals surface area contributed by atoms with E-state index in [2.05, 4.69) is 5.32 Å². The van der Waals surface area contributed by atoms with Gasteiger partial charge in [-0.25, -0.2) is 12.8 Å². The first-order valence-electron chi connectivity index (χ1n) is 9.08. The summed E-state index contributed by atoms with van der Waals surface area (Å²) in [5.74, 6) is -1.03. The van der Waals surface area contributed by atoms with Crippen LogP contribution in [0.2, 0.25) is 0 Å². The second-order valence-electron chi connectivity index (χ2n) is 6.58. The summed E-state index contributed by atoms with van der Waals surface area (Å²) in [6.07, 6.45) is 1.93. The van der Waals surface area contributed by atoms with Crippen molar-refractivity contribution in [3.8, 4) is 0 Å². The van der Waals surface area contributed by atoms with Crippen molar-refractivity contribution >= 4 is 39.1 Å². The van der Waals surface area contributed by atoms with Crippen LogP contribution in [0.1, 0.15) is 5.56 Å². The minimum absolute atomic E-state index is 0.0957. The van der Waals surface area contributed by atoms with Gasteiger partial charge < -0.3 is 5.32 Å². The number of aryl methyl sites for hydroxylation is 1. The second kappa shape index (κ2) is 9.32. The predicted molar refractivity (Wildman–Crippen MR) is 119 cm³/mol. The fourth-order valence-corrected chi connectivity index (χ4v) is 4.67. The summed E-state index contributed by atoms with van der Waals surface area (Å²) in [5.41, 5.74) is 1.88. The Balaban J connectivity index is 1.92. The van der Waals surface area contributed by atoms with Crippen molar-refractivity contribution in [3.05, 3.63) is 84.2 Å². The van der Waals surface area contributed by atoms with Gasteiger partial charge in [0, 0.05) is 10.6 Å². The van der Waals surface area contributed by atoms with Gasteiger partial charge in [-0.1, -0.05) is 23.8 Å². The Morgan fingerprint density at radius 1 is 1.03 bits per heavy atom. The van der Waals surface area contributed by atoms with Crippen LogP contribution in [-0.4, -0.2) is 27.1 Å². The molecule has 0 bridgehead atoms.